The Kier molecular flexibility index (Phi) is 6.49. The second-order valence-electron chi connectivity index (χ2n) is 7.20. The van der Waals surface area contributed by atoms with E-state index in [0.717, 1.165) is 37.2 Å². The Morgan fingerprint density at radius 1 is 0.966 bits per heavy atom. The third-order valence-electron chi connectivity index (χ3n) is 4.98. The summed E-state index contributed by atoms with van der Waals surface area (Å²) in [6.07, 6.45) is 3.39. The maximum atomic E-state index is 12.8. The number of primary amides is 1. The molecule has 152 valence electrons. The zero-order valence-electron chi connectivity index (χ0n) is 16.5. The number of nitrogens with one attached hydrogen (secondary N) is 2. The molecule has 0 bridgehead atoms. The van der Waals surface area contributed by atoms with E-state index in [9.17, 15) is 14.4 Å². The molecule has 29 heavy (non-hydrogen) atoms. The average Bonchev–Trinajstić information content (AvgIpc) is 2.73. The Labute approximate surface area is 170 Å². The number of nitrogens with two attached hydrogens (primary N) is 1. The van der Waals surface area contributed by atoms with Crippen molar-refractivity contribution < 1.29 is 14.4 Å². The Balaban J connectivity index is 1.79. The van der Waals surface area contributed by atoms with Gasteiger partial charge in [0, 0.05) is 37.7 Å². The van der Waals surface area contributed by atoms with Crippen LogP contribution >= 0.6 is 0 Å². The van der Waals surface area contributed by atoms with Gasteiger partial charge in [0.1, 0.15) is 0 Å². The predicted molar refractivity (Wildman–Crippen MR) is 113 cm³/mol. The lowest BCUT2D eigenvalue weighted by atomic mass is 10.1. The van der Waals surface area contributed by atoms with Crippen LogP contribution in [0, 0.1) is 0 Å². The number of hydrogen-bond acceptors (Lipinski definition) is 4. The second kappa shape index (κ2) is 9.23. The molecule has 0 saturated carbocycles. The Bertz CT molecular complexity index is 903. The van der Waals surface area contributed by atoms with Gasteiger partial charge in [-0.05, 0) is 55.2 Å². The van der Waals surface area contributed by atoms with Gasteiger partial charge < -0.3 is 21.3 Å². The zero-order valence-corrected chi connectivity index (χ0v) is 16.5. The zero-order chi connectivity index (χ0) is 20.8. The average molecular weight is 394 g/mol. The van der Waals surface area contributed by atoms with Crippen LogP contribution in [0.5, 0.6) is 0 Å². The summed E-state index contributed by atoms with van der Waals surface area (Å²) in [6.45, 7) is 3.70. The van der Waals surface area contributed by atoms with Crippen LogP contribution < -0.4 is 21.3 Å². The quantitative estimate of drug-likeness (QED) is 0.700. The molecule has 4 N–H and O–H groups in total. The van der Waals surface area contributed by atoms with Crippen LogP contribution in [0.2, 0.25) is 0 Å². The van der Waals surface area contributed by atoms with Crippen LogP contribution in [0.15, 0.2) is 42.5 Å². The standard InChI is InChI=1S/C22H26N4O3/c1-15(27)24-14-16-5-7-17(8-6-16)22(29)25-19-13-18(21(23)28)9-10-20(19)26-11-3-2-4-12-26/h5-10,13H,2-4,11-12,14H2,1H3,(H2,23,28)(H,24,27)(H,25,29). The lowest BCUT2D eigenvalue weighted by Gasteiger charge is -2.30. The molecule has 0 radical (unpaired) electrons. The molecule has 3 rings (SSSR count). The Morgan fingerprint density at radius 2 is 1.62 bits per heavy atom. The topological polar surface area (TPSA) is 105 Å². The number of anilines is 2. The number of rotatable bonds is 6. The van der Waals surface area contributed by atoms with Gasteiger partial charge in [-0.25, -0.2) is 0 Å². The van der Waals surface area contributed by atoms with Crippen molar-refractivity contribution >= 4 is 29.1 Å². The molecule has 7 nitrogen and oxygen atoms in total. The Hall–Kier alpha value is -3.35. The van der Waals surface area contributed by atoms with Crippen molar-refractivity contribution in [2.75, 3.05) is 23.3 Å². The fraction of sp³-hybridized carbons (Fsp3) is 0.318. The molecule has 1 heterocycles. The maximum Gasteiger partial charge on any atom is 0.255 e. The molecule has 0 atom stereocenters. The number of carbonyl (C=O) groups excluding carboxylic acids is 3. The van der Waals surface area contributed by atoms with Crippen molar-refractivity contribution in [1.29, 1.82) is 0 Å². The SMILES string of the molecule is CC(=O)NCc1ccc(C(=O)Nc2cc(C(N)=O)ccc2N2CCCCC2)cc1. The summed E-state index contributed by atoms with van der Waals surface area (Å²) in [5.41, 5.74) is 8.65. The molecule has 1 aliphatic rings. The van der Waals surface area contributed by atoms with Gasteiger partial charge in [0.15, 0.2) is 0 Å². The summed E-state index contributed by atoms with van der Waals surface area (Å²) in [6, 6.07) is 12.2. The number of benzene rings is 2. The smallest absolute Gasteiger partial charge is 0.255 e. The summed E-state index contributed by atoms with van der Waals surface area (Å²) >= 11 is 0. The van der Waals surface area contributed by atoms with Crippen LogP contribution in [-0.4, -0.2) is 30.8 Å². The highest BCUT2D eigenvalue weighted by Crippen LogP contribution is 2.30. The molecule has 2 aromatic carbocycles. The van der Waals surface area contributed by atoms with Gasteiger partial charge >= 0.3 is 0 Å². The number of carbonyl (C=O) groups is 3. The molecular formula is C22H26N4O3. The van der Waals surface area contributed by atoms with Crippen LogP contribution in [0.3, 0.4) is 0 Å². The van der Waals surface area contributed by atoms with Gasteiger partial charge in [0.05, 0.1) is 11.4 Å². The minimum Gasteiger partial charge on any atom is -0.370 e. The highest BCUT2D eigenvalue weighted by atomic mass is 16.2. The third kappa shape index (κ3) is 5.34. The van der Waals surface area contributed by atoms with E-state index in [1.807, 2.05) is 6.07 Å². The van der Waals surface area contributed by atoms with Crippen molar-refractivity contribution in [3.05, 3.63) is 59.2 Å². The van der Waals surface area contributed by atoms with E-state index in [1.54, 1.807) is 36.4 Å². The van der Waals surface area contributed by atoms with E-state index in [2.05, 4.69) is 15.5 Å². The van der Waals surface area contributed by atoms with E-state index in [1.165, 1.54) is 13.3 Å². The summed E-state index contributed by atoms with van der Waals surface area (Å²) in [5, 5.41) is 5.65. The van der Waals surface area contributed by atoms with E-state index in [0.29, 0.717) is 23.4 Å². The van der Waals surface area contributed by atoms with Crippen LogP contribution in [0.1, 0.15) is 52.5 Å². The van der Waals surface area contributed by atoms with Gasteiger partial charge in [-0.1, -0.05) is 12.1 Å². The largest absolute Gasteiger partial charge is 0.370 e. The molecular weight excluding hydrogens is 368 g/mol. The van der Waals surface area contributed by atoms with E-state index >= 15 is 0 Å². The number of hydrogen-bond donors (Lipinski definition) is 3. The predicted octanol–water partition coefficient (Wildman–Crippen LogP) is 2.66. The summed E-state index contributed by atoms with van der Waals surface area (Å²) < 4.78 is 0. The Morgan fingerprint density at radius 3 is 2.24 bits per heavy atom. The summed E-state index contributed by atoms with van der Waals surface area (Å²) in [7, 11) is 0. The molecule has 3 amide bonds. The van der Waals surface area contributed by atoms with Gasteiger partial charge in [0.2, 0.25) is 11.8 Å². The van der Waals surface area contributed by atoms with Crippen LogP contribution in [-0.2, 0) is 11.3 Å². The molecule has 0 unspecified atom stereocenters. The van der Waals surface area contributed by atoms with Crippen molar-refractivity contribution in [2.45, 2.75) is 32.7 Å². The van der Waals surface area contributed by atoms with E-state index in [-0.39, 0.29) is 11.8 Å². The molecule has 2 aromatic rings. The molecule has 1 saturated heterocycles. The first-order chi connectivity index (χ1) is 13.9. The van der Waals surface area contributed by atoms with Gasteiger partial charge in [-0.3, -0.25) is 14.4 Å². The molecule has 0 aromatic heterocycles. The lowest BCUT2D eigenvalue weighted by molar-refractivity contribution is -0.119. The number of nitrogens with zero attached hydrogens (tertiary/aromatic N) is 1. The first-order valence-electron chi connectivity index (χ1n) is 9.77. The minimum atomic E-state index is -0.534. The van der Waals surface area contributed by atoms with Gasteiger partial charge in [-0.2, -0.15) is 0 Å². The number of piperidine rings is 1. The number of amides is 3. The molecule has 1 fully saturated rings. The van der Waals surface area contributed by atoms with Crippen molar-refractivity contribution in [1.82, 2.24) is 5.32 Å². The highest BCUT2D eigenvalue weighted by Gasteiger charge is 2.18. The van der Waals surface area contributed by atoms with Crippen LogP contribution in [0.25, 0.3) is 0 Å². The molecule has 1 aliphatic heterocycles. The fourth-order valence-corrected chi connectivity index (χ4v) is 3.39. The summed E-state index contributed by atoms with van der Waals surface area (Å²) in [4.78, 5) is 37.6. The normalized spacial score (nSPS) is 13.6. The first-order valence-corrected chi connectivity index (χ1v) is 9.77. The van der Waals surface area contributed by atoms with Gasteiger partial charge in [0.25, 0.3) is 5.91 Å². The lowest BCUT2D eigenvalue weighted by Crippen LogP contribution is -2.30. The maximum absolute atomic E-state index is 12.8. The molecule has 0 aliphatic carbocycles. The third-order valence-corrected chi connectivity index (χ3v) is 4.98. The molecule has 0 spiro atoms. The minimum absolute atomic E-state index is 0.105. The van der Waals surface area contributed by atoms with E-state index in [4.69, 9.17) is 5.73 Å². The van der Waals surface area contributed by atoms with E-state index < -0.39 is 5.91 Å². The monoisotopic (exact) mass is 394 g/mol. The van der Waals surface area contributed by atoms with Crippen molar-refractivity contribution in [3.8, 4) is 0 Å². The van der Waals surface area contributed by atoms with Crippen molar-refractivity contribution in [3.63, 3.8) is 0 Å². The summed E-state index contributed by atoms with van der Waals surface area (Å²) in [5.74, 6) is -0.907. The molecule has 7 heteroatoms. The first kappa shape index (κ1) is 20.4. The second-order valence-corrected chi connectivity index (χ2v) is 7.20. The van der Waals surface area contributed by atoms with Crippen LogP contribution in [0.4, 0.5) is 11.4 Å². The fourth-order valence-electron chi connectivity index (χ4n) is 3.39. The van der Waals surface area contributed by atoms with Crippen molar-refractivity contribution in [2.24, 2.45) is 5.73 Å². The van der Waals surface area contributed by atoms with Gasteiger partial charge in [-0.15, -0.1) is 0 Å². The highest BCUT2D eigenvalue weighted by molar-refractivity contribution is 6.07.